The third-order valence-corrected chi connectivity index (χ3v) is 1.89. The Morgan fingerprint density at radius 1 is 1.07 bits per heavy atom. The van der Waals surface area contributed by atoms with Crippen LogP contribution in [0.3, 0.4) is 0 Å². The SMILES string of the molecule is Cc1ncc(C(=O)c2cnc(C)[nH]2)[nH]1. The maximum Gasteiger partial charge on any atom is 0.228 e. The van der Waals surface area contributed by atoms with Crippen LogP contribution in [0.25, 0.3) is 0 Å². The molecule has 0 aliphatic heterocycles. The van der Waals surface area contributed by atoms with Crippen LogP contribution >= 0.6 is 0 Å². The summed E-state index contributed by atoms with van der Waals surface area (Å²) in [6, 6.07) is 0. The predicted molar refractivity (Wildman–Crippen MR) is 50.1 cm³/mol. The van der Waals surface area contributed by atoms with Gasteiger partial charge in [-0.1, -0.05) is 0 Å². The molecule has 2 aromatic rings. The van der Waals surface area contributed by atoms with Crippen LogP contribution in [0.4, 0.5) is 0 Å². The lowest BCUT2D eigenvalue weighted by atomic mass is 10.2. The Kier molecular flexibility index (Phi) is 1.92. The van der Waals surface area contributed by atoms with Gasteiger partial charge >= 0.3 is 0 Å². The van der Waals surface area contributed by atoms with Crippen LogP contribution in [0.15, 0.2) is 12.4 Å². The van der Waals surface area contributed by atoms with Gasteiger partial charge in [-0.05, 0) is 13.8 Å². The van der Waals surface area contributed by atoms with Crippen LogP contribution in [-0.4, -0.2) is 25.7 Å². The number of rotatable bonds is 2. The molecule has 5 heteroatoms. The topological polar surface area (TPSA) is 74.4 Å². The van der Waals surface area contributed by atoms with Crippen LogP contribution in [0.5, 0.6) is 0 Å². The molecule has 72 valence electrons. The Bertz CT molecular complexity index is 426. The first-order chi connectivity index (χ1) is 6.66. The van der Waals surface area contributed by atoms with Crippen molar-refractivity contribution in [1.82, 2.24) is 19.9 Å². The van der Waals surface area contributed by atoms with Crippen LogP contribution < -0.4 is 0 Å². The van der Waals surface area contributed by atoms with Crippen molar-refractivity contribution >= 4 is 5.78 Å². The fourth-order valence-electron chi connectivity index (χ4n) is 1.22. The van der Waals surface area contributed by atoms with Crippen molar-refractivity contribution in [3.8, 4) is 0 Å². The van der Waals surface area contributed by atoms with Crippen molar-refractivity contribution in [3.05, 3.63) is 35.4 Å². The van der Waals surface area contributed by atoms with E-state index < -0.39 is 0 Å². The zero-order valence-corrected chi connectivity index (χ0v) is 7.96. The summed E-state index contributed by atoms with van der Waals surface area (Å²) in [7, 11) is 0. The summed E-state index contributed by atoms with van der Waals surface area (Å²) in [5, 5.41) is 0. The normalized spacial score (nSPS) is 10.4. The first kappa shape index (κ1) is 8.68. The second-order valence-corrected chi connectivity index (χ2v) is 3.09. The minimum atomic E-state index is -0.119. The van der Waals surface area contributed by atoms with Gasteiger partial charge in [-0.3, -0.25) is 4.79 Å². The number of hydrogen-bond acceptors (Lipinski definition) is 3. The van der Waals surface area contributed by atoms with Gasteiger partial charge in [0, 0.05) is 0 Å². The number of ketones is 1. The van der Waals surface area contributed by atoms with Crippen molar-refractivity contribution in [1.29, 1.82) is 0 Å². The molecule has 0 aliphatic carbocycles. The number of nitrogens with zero attached hydrogens (tertiary/aromatic N) is 2. The van der Waals surface area contributed by atoms with Crippen LogP contribution in [0.2, 0.25) is 0 Å². The van der Waals surface area contributed by atoms with Crippen molar-refractivity contribution in [2.75, 3.05) is 0 Å². The van der Waals surface area contributed by atoms with Gasteiger partial charge in [0.05, 0.1) is 12.4 Å². The highest BCUT2D eigenvalue weighted by molar-refractivity contribution is 6.06. The van der Waals surface area contributed by atoms with Gasteiger partial charge in [-0.2, -0.15) is 0 Å². The maximum atomic E-state index is 11.7. The van der Waals surface area contributed by atoms with Gasteiger partial charge in [0.1, 0.15) is 23.0 Å². The lowest BCUT2D eigenvalue weighted by molar-refractivity contribution is 0.103. The number of hydrogen-bond donors (Lipinski definition) is 2. The molecule has 0 aliphatic rings. The molecule has 5 nitrogen and oxygen atoms in total. The number of aryl methyl sites for hydroxylation is 2. The smallest absolute Gasteiger partial charge is 0.228 e. The fourth-order valence-corrected chi connectivity index (χ4v) is 1.22. The molecule has 0 fully saturated rings. The van der Waals surface area contributed by atoms with Crippen LogP contribution in [-0.2, 0) is 0 Å². The van der Waals surface area contributed by atoms with Gasteiger partial charge in [0.2, 0.25) is 5.78 Å². The molecule has 0 radical (unpaired) electrons. The molecule has 0 aromatic carbocycles. The molecule has 0 atom stereocenters. The van der Waals surface area contributed by atoms with Gasteiger partial charge < -0.3 is 9.97 Å². The third kappa shape index (κ3) is 1.44. The average molecular weight is 190 g/mol. The summed E-state index contributed by atoms with van der Waals surface area (Å²) in [4.78, 5) is 25.4. The zero-order chi connectivity index (χ0) is 10.1. The van der Waals surface area contributed by atoms with Gasteiger partial charge in [-0.25, -0.2) is 9.97 Å². The molecule has 0 bridgehead atoms. The highest BCUT2D eigenvalue weighted by atomic mass is 16.1. The predicted octanol–water partition coefficient (Wildman–Crippen LogP) is 0.981. The number of imidazole rings is 2. The van der Waals surface area contributed by atoms with E-state index in [1.807, 2.05) is 0 Å². The monoisotopic (exact) mass is 190 g/mol. The van der Waals surface area contributed by atoms with E-state index in [4.69, 9.17) is 0 Å². The quantitative estimate of drug-likeness (QED) is 0.693. The summed E-state index contributed by atoms with van der Waals surface area (Å²) >= 11 is 0. The first-order valence-electron chi connectivity index (χ1n) is 4.25. The van der Waals surface area contributed by atoms with E-state index in [0.717, 1.165) is 11.6 Å². The molecule has 0 saturated heterocycles. The summed E-state index contributed by atoms with van der Waals surface area (Å²) < 4.78 is 0. The van der Waals surface area contributed by atoms with E-state index >= 15 is 0 Å². The number of carbonyl (C=O) groups excluding carboxylic acids is 1. The Balaban J connectivity index is 2.33. The largest absolute Gasteiger partial charge is 0.339 e. The fraction of sp³-hybridized carbons (Fsp3) is 0.222. The Morgan fingerprint density at radius 3 is 1.79 bits per heavy atom. The van der Waals surface area contributed by atoms with E-state index in [0.29, 0.717) is 11.4 Å². The Labute approximate surface area is 80.6 Å². The van der Waals surface area contributed by atoms with Crippen LogP contribution in [0, 0.1) is 13.8 Å². The summed E-state index contributed by atoms with van der Waals surface area (Å²) in [6.07, 6.45) is 3.04. The molecule has 0 saturated carbocycles. The maximum absolute atomic E-state index is 11.7. The second-order valence-electron chi connectivity index (χ2n) is 3.09. The minimum Gasteiger partial charge on any atom is -0.339 e. The lowest BCUT2D eigenvalue weighted by Gasteiger charge is -1.91. The van der Waals surface area contributed by atoms with E-state index in [9.17, 15) is 4.79 Å². The molecule has 2 heterocycles. The summed E-state index contributed by atoms with van der Waals surface area (Å²) in [5.74, 6) is 1.33. The molecular formula is C9H10N4O. The summed E-state index contributed by atoms with van der Waals surface area (Å²) in [5.41, 5.74) is 0.956. The number of nitrogens with one attached hydrogen (secondary N) is 2. The van der Waals surface area contributed by atoms with Crippen LogP contribution in [0.1, 0.15) is 27.8 Å². The van der Waals surface area contributed by atoms with Crippen molar-refractivity contribution in [3.63, 3.8) is 0 Å². The molecule has 2 N–H and O–H groups in total. The second kappa shape index (κ2) is 3.10. The number of carbonyl (C=O) groups is 1. The van der Waals surface area contributed by atoms with E-state index in [2.05, 4.69) is 19.9 Å². The number of H-pyrrole nitrogens is 2. The molecular weight excluding hydrogens is 180 g/mol. The molecule has 2 rings (SSSR count). The molecule has 0 amide bonds. The first-order valence-corrected chi connectivity index (χ1v) is 4.25. The van der Waals surface area contributed by atoms with Crippen molar-refractivity contribution in [2.24, 2.45) is 0 Å². The Morgan fingerprint density at radius 2 is 1.50 bits per heavy atom. The molecule has 14 heavy (non-hydrogen) atoms. The lowest BCUT2D eigenvalue weighted by Crippen LogP contribution is -2.02. The molecule has 0 spiro atoms. The van der Waals surface area contributed by atoms with E-state index in [1.54, 1.807) is 13.8 Å². The third-order valence-electron chi connectivity index (χ3n) is 1.89. The van der Waals surface area contributed by atoms with Gasteiger partial charge in [-0.15, -0.1) is 0 Å². The molecule has 2 aromatic heterocycles. The zero-order valence-electron chi connectivity index (χ0n) is 7.96. The van der Waals surface area contributed by atoms with Gasteiger partial charge in [0.15, 0.2) is 0 Å². The van der Waals surface area contributed by atoms with E-state index in [-0.39, 0.29) is 5.78 Å². The molecule has 0 unspecified atom stereocenters. The average Bonchev–Trinajstić information content (AvgIpc) is 2.73. The van der Waals surface area contributed by atoms with Gasteiger partial charge in [0.25, 0.3) is 0 Å². The highest BCUT2D eigenvalue weighted by Crippen LogP contribution is 2.05. The summed E-state index contributed by atoms with van der Waals surface area (Å²) in [6.45, 7) is 3.60. The van der Waals surface area contributed by atoms with Crippen molar-refractivity contribution in [2.45, 2.75) is 13.8 Å². The van der Waals surface area contributed by atoms with Crippen molar-refractivity contribution < 1.29 is 4.79 Å². The standard InChI is InChI=1S/C9H10N4O/c1-5-10-3-7(12-5)9(14)8-4-11-6(2)13-8/h3-4H,1-2H3,(H,10,12)(H,11,13). The highest BCUT2D eigenvalue weighted by Gasteiger charge is 2.12. The minimum absolute atomic E-state index is 0.119. The number of aromatic amines is 2. The number of aromatic nitrogens is 4. The van der Waals surface area contributed by atoms with E-state index in [1.165, 1.54) is 12.4 Å². The Hall–Kier alpha value is -1.91.